The van der Waals surface area contributed by atoms with Gasteiger partial charge < -0.3 is 9.64 Å². The van der Waals surface area contributed by atoms with Crippen molar-refractivity contribution in [1.82, 2.24) is 9.47 Å². The van der Waals surface area contributed by atoms with Gasteiger partial charge in [0.05, 0.1) is 6.61 Å². The smallest absolute Gasteiger partial charge is 0.255 e. The highest BCUT2D eigenvalue weighted by Gasteiger charge is 2.09. The lowest BCUT2D eigenvalue weighted by Crippen LogP contribution is -2.31. The van der Waals surface area contributed by atoms with Crippen LogP contribution in [0.2, 0.25) is 0 Å². The molecule has 0 radical (unpaired) electrons. The molecule has 3 rings (SSSR count). The average Bonchev–Trinajstić information content (AvgIpc) is 2.62. The zero-order chi connectivity index (χ0) is 16.8. The van der Waals surface area contributed by atoms with Crippen LogP contribution < -0.4 is 10.3 Å². The second-order valence-electron chi connectivity index (χ2n) is 6.51. The monoisotopic (exact) mass is 326 g/mol. The molecule has 2 heterocycles. The van der Waals surface area contributed by atoms with Crippen LogP contribution in [0.15, 0.2) is 47.4 Å². The Bertz CT molecular complexity index is 700. The highest BCUT2D eigenvalue weighted by molar-refractivity contribution is 5.38. The molecule has 4 heteroatoms. The van der Waals surface area contributed by atoms with Gasteiger partial charge in [-0.25, -0.2) is 0 Å². The van der Waals surface area contributed by atoms with Crippen LogP contribution in [0.1, 0.15) is 31.2 Å². The van der Waals surface area contributed by atoms with Gasteiger partial charge >= 0.3 is 0 Å². The van der Waals surface area contributed by atoms with Crippen molar-refractivity contribution >= 4 is 0 Å². The standard InChI is InChI=1S/C20H26N2O2/c1-17-6-11-20(23)22(16-17)18-7-9-19(10-8-18)24-15-5-14-21-12-3-2-4-13-21/h6-11,16H,2-5,12-15H2,1H3. The maximum Gasteiger partial charge on any atom is 0.255 e. The summed E-state index contributed by atoms with van der Waals surface area (Å²) < 4.78 is 7.49. The summed E-state index contributed by atoms with van der Waals surface area (Å²) in [5.41, 5.74) is 1.91. The zero-order valence-corrected chi connectivity index (χ0v) is 14.4. The van der Waals surface area contributed by atoms with Crippen molar-refractivity contribution in [2.75, 3.05) is 26.2 Å². The molecular formula is C20H26N2O2. The van der Waals surface area contributed by atoms with E-state index in [4.69, 9.17) is 4.74 Å². The van der Waals surface area contributed by atoms with E-state index >= 15 is 0 Å². The number of ether oxygens (including phenoxy) is 1. The number of nitrogens with zero attached hydrogens (tertiary/aromatic N) is 2. The van der Waals surface area contributed by atoms with Crippen molar-refractivity contribution in [3.8, 4) is 11.4 Å². The van der Waals surface area contributed by atoms with Crippen molar-refractivity contribution in [2.45, 2.75) is 32.6 Å². The summed E-state index contributed by atoms with van der Waals surface area (Å²) in [5, 5.41) is 0. The number of hydrogen-bond acceptors (Lipinski definition) is 3. The summed E-state index contributed by atoms with van der Waals surface area (Å²) in [6.07, 6.45) is 6.96. The minimum absolute atomic E-state index is 0.0178. The largest absolute Gasteiger partial charge is 0.494 e. The normalized spacial score (nSPS) is 15.4. The molecule has 0 amide bonds. The summed E-state index contributed by atoms with van der Waals surface area (Å²) >= 11 is 0. The number of aryl methyl sites for hydroxylation is 1. The lowest BCUT2D eigenvalue weighted by molar-refractivity contribution is 0.205. The lowest BCUT2D eigenvalue weighted by atomic mass is 10.1. The van der Waals surface area contributed by atoms with E-state index in [1.807, 2.05) is 43.5 Å². The van der Waals surface area contributed by atoms with Gasteiger partial charge in [-0.15, -0.1) is 0 Å². The van der Waals surface area contributed by atoms with Gasteiger partial charge in [0.2, 0.25) is 0 Å². The van der Waals surface area contributed by atoms with Gasteiger partial charge in [0.15, 0.2) is 0 Å². The highest BCUT2D eigenvalue weighted by Crippen LogP contribution is 2.15. The molecule has 0 N–H and O–H groups in total. The lowest BCUT2D eigenvalue weighted by Gasteiger charge is -2.26. The van der Waals surface area contributed by atoms with Gasteiger partial charge in [-0.2, -0.15) is 0 Å². The molecule has 0 bridgehead atoms. The third-order valence-electron chi connectivity index (χ3n) is 4.51. The van der Waals surface area contributed by atoms with Crippen LogP contribution in [0.5, 0.6) is 5.75 Å². The maximum absolute atomic E-state index is 11.9. The van der Waals surface area contributed by atoms with E-state index in [0.29, 0.717) is 0 Å². The predicted molar refractivity (Wildman–Crippen MR) is 97.2 cm³/mol. The van der Waals surface area contributed by atoms with Gasteiger partial charge in [0.25, 0.3) is 5.56 Å². The van der Waals surface area contributed by atoms with E-state index in [9.17, 15) is 4.79 Å². The van der Waals surface area contributed by atoms with Gasteiger partial charge in [-0.05, 0) is 69.1 Å². The maximum atomic E-state index is 11.9. The number of hydrogen-bond donors (Lipinski definition) is 0. The van der Waals surface area contributed by atoms with Crippen LogP contribution in [-0.4, -0.2) is 35.7 Å². The van der Waals surface area contributed by atoms with Crippen molar-refractivity contribution < 1.29 is 4.74 Å². The van der Waals surface area contributed by atoms with Crippen molar-refractivity contribution in [3.05, 3.63) is 58.5 Å². The van der Waals surface area contributed by atoms with Crippen molar-refractivity contribution in [2.24, 2.45) is 0 Å². The Hall–Kier alpha value is -2.07. The molecule has 1 aromatic carbocycles. The molecule has 128 valence electrons. The molecule has 2 aromatic rings. The van der Waals surface area contributed by atoms with Gasteiger partial charge in [0, 0.05) is 24.5 Å². The van der Waals surface area contributed by atoms with Crippen LogP contribution in [0.3, 0.4) is 0 Å². The van der Waals surface area contributed by atoms with E-state index in [1.54, 1.807) is 10.6 Å². The van der Waals surface area contributed by atoms with Crippen molar-refractivity contribution in [3.63, 3.8) is 0 Å². The average molecular weight is 326 g/mol. The predicted octanol–water partition coefficient (Wildman–Crippen LogP) is 3.40. The Labute approximate surface area is 143 Å². The van der Waals surface area contributed by atoms with Crippen LogP contribution in [0.25, 0.3) is 5.69 Å². The molecule has 1 aliphatic heterocycles. The Balaban J connectivity index is 1.51. The second-order valence-corrected chi connectivity index (χ2v) is 6.51. The fourth-order valence-electron chi connectivity index (χ4n) is 3.16. The third-order valence-corrected chi connectivity index (χ3v) is 4.51. The van der Waals surface area contributed by atoms with E-state index < -0.39 is 0 Å². The Morgan fingerprint density at radius 2 is 1.75 bits per heavy atom. The summed E-state index contributed by atoms with van der Waals surface area (Å²) in [7, 11) is 0. The van der Waals surface area contributed by atoms with E-state index in [2.05, 4.69) is 4.90 Å². The highest BCUT2D eigenvalue weighted by atomic mass is 16.5. The number of likely N-dealkylation sites (tertiary alicyclic amines) is 1. The van der Waals surface area contributed by atoms with Crippen LogP contribution in [0, 0.1) is 6.92 Å². The first-order chi connectivity index (χ1) is 11.7. The first-order valence-corrected chi connectivity index (χ1v) is 8.87. The quantitative estimate of drug-likeness (QED) is 0.763. The first-order valence-electron chi connectivity index (χ1n) is 8.87. The minimum atomic E-state index is -0.0178. The molecule has 1 saturated heterocycles. The van der Waals surface area contributed by atoms with Crippen LogP contribution >= 0.6 is 0 Å². The van der Waals surface area contributed by atoms with Crippen LogP contribution in [-0.2, 0) is 0 Å². The summed E-state index contributed by atoms with van der Waals surface area (Å²) in [6.45, 7) is 6.31. The number of piperidine rings is 1. The Morgan fingerprint density at radius 3 is 2.50 bits per heavy atom. The molecule has 0 atom stereocenters. The first kappa shape index (κ1) is 16.8. The molecular weight excluding hydrogens is 300 g/mol. The molecule has 0 unspecified atom stereocenters. The minimum Gasteiger partial charge on any atom is -0.494 e. The number of pyridine rings is 1. The SMILES string of the molecule is Cc1ccc(=O)n(-c2ccc(OCCCN3CCCCC3)cc2)c1. The third kappa shape index (κ3) is 4.48. The summed E-state index contributed by atoms with van der Waals surface area (Å²) in [5.74, 6) is 0.859. The van der Waals surface area contributed by atoms with E-state index in [-0.39, 0.29) is 5.56 Å². The molecule has 24 heavy (non-hydrogen) atoms. The van der Waals surface area contributed by atoms with Crippen molar-refractivity contribution in [1.29, 1.82) is 0 Å². The number of rotatable bonds is 6. The molecule has 0 spiro atoms. The van der Waals surface area contributed by atoms with Gasteiger partial charge in [0.1, 0.15) is 5.75 Å². The fourth-order valence-corrected chi connectivity index (χ4v) is 3.16. The topological polar surface area (TPSA) is 34.5 Å². The molecule has 1 aromatic heterocycles. The Morgan fingerprint density at radius 1 is 1.00 bits per heavy atom. The summed E-state index contributed by atoms with van der Waals surface area (Å²) in [6, 6.07) is 11.2. The molecule has 4 nitrogen and oxygen atoms in total. The second kappa shape index (κ2) is 8.15. The zero-order valence-electron chi connectivity index (χ0n) is 14.4. The van der Waals surface area contributed by atoms with Gasteiger partial charge in [-0.3, -0.25) is 9.36 Å². The molecule has 1 fully saturated rings. The van der Waals surface area contributed by atoms with Crippen LogP contribution in [0.4, 0.5) is 0 Å². The molecule has 0 saturated carbocycles. The summed E-state index contributed by atoms with van der Waals surface area (Å²) in [4.78, 5) is 14.5. The number of benzene rings is 1. The Kier molecular flexibility index (Phi) is 5.70. The fraction of sp³-hybridized carbons (Fsp3) is 0.450. The molecule has 0 aliphatic carbocycles. The number of aromatic nitrogens is 1. The molecule has 1 aliphatic rings. The van der Waals surface area contributed by atoms with Gasteiger partial charge in [-0.1, -0.05) is 12.5 Å². The van der Waals surface area contributed by atoms with E-state index in [1.165, 1.54) is 32.4 Å². The van der Waals surface area contributed by atoms with E-state index in [0.717, 1.165) is 36.6 Å².